The van der Waals surface area contributed by atoms with E-state index >= 15 is 0 Å². The Morgan fingerprint density at radius 3 is 2.06 bits per heavy atom. The largest absolute Gasteiger partial charge is 0.416 e. The number of carbonyl (C=O) groups excluding carboxylic acids is 1. The Morgan fingerprint density at radius 1 is 1.00 bits per heavy atom. The van der Waals surface area contributed by atoms with Crippen LogP contribution >= 0.6 is 0 Å². The number of halogens is 6. The predicted octanol–water partition coefficient (Wildman–Crippen LogP) is 5.43. The van der Waals surface area contributed by atoms with Crippen LogP contribution in [0.3, 0.4) is 0 Å². The summed E-state index contributed by atoms with van der Waals surface area (Å²) in [5.74, 6) is -0.241. The lowest BCUT2D eigenvalue weighted by Gasteiger charge is -2.51. The molecule has 1 N–H and O–H groups in total. The second-order valence-electron chi connectivity index (χ2n) is 8.56. The Kier molecular flexibility index (Phi) is 5.55. The Bertz CT molecular complexity index is 1040. The van der Waals surface area contributed by atoms with E-state index in [-0.39, 0.29) is 24.1 Å². The van der Waals surface area contributed by atoms with Gasteiger partial charge in [0.05, 0.1) is 30.2 Å². The van der Waals surface area contributed by atoms with Crippen molar-refractivity contribution < 1.29 is 35.9 Å². The number of rotatable bonds is 5. The minimum Gasteiger partial charge on any atom is -0.373 e. The summed E-state index contributed by atoms with van der Waals surface area (Å²) in [5.41, 5.74) is -3.73. The molecule has 1 aliphatic carbocycles. The molecule has 1 amide bonds. The van der Waals surface area contributed by atoms with E-state index < -0.39 is 40.5 Å². The molecule has 1 spiro atoms. The normalized spacial score (nSPS) is 25.7. The van der Waals surface area contributed by atoms with E-state index in [9.17, 15) is 31.1 Å². The predicted molar refractivity (Wildman–Crippen MR) is 108 cm³/mol. The van der Waals surface area contributed by atoms with E-state index in [2.05, 4.69) is 10.3 Å². The van der Waals surface area contributed by atoms with Gasteiger partial charge in [0.25, 0.3) is 5.91 Å². The van der Waals surface area contributed by atoms with Gasteiger partial charge >= 0.3 is 12.4 Å². The van der Waals surface area contributed by atoms with Crippen LogP contribution in [0.15, 0.2) is 53.5 Å². The third-order valence-electron chi connectivity index (χ3n) is 6.27. The number of benzene rings is 2. The minimum absolute atomic E-state index is 0.000324. The first-order valence-electron chi connectivity index (χ1n) is 10.2. The van der Waals surface area contributed by atoms with Crippen LogP contribution in [0.5, 0.6) is 0 Å². The molecule has 0 radical (unpaired) electrons. The van der Waals surface area contributed by atoms with Crippen LogP contribution in [-0.2, 0) is 27.3 Å². The van der Waals surface area contributed by atoms with E-state index in [4.69, 9.17) is 4.74 Å². The highest BCUT2D eigenvalue weighted by Gasteiger charge is 2.61. The number of aliphatic imine (C=N–C) groups is 1. The second kappa shape index (κ2) is 7.86. The Labute approximate surface area is 185 Å². The third-order valence-corrected chi connectivity index (χ3v) is 6.27. The lowest BCUT2D eigenvalue weighted by molar-refractivity contribution is -0.143. The first-order chi connectivity index (χ1) is 15.3. The SMILES string of the molecule is CC(OCC1(c2ccccc2)CC2(C1)N=CNC2=O)c1cc(C(F)(F)F)cc(C(F)(F)F)c1. The minimum atomic E-state index is -4.94. The zero-order chi connectivity index (χ0) is 24.1. The average Bonchev–Trinajstić information content (AvgIpc) is 3.11. The number of amides is 1. The highest BCUT2D eigenvalue weighted by atomic mass is 19.4. The molecule has 0 bridgehead atoms. The maximum Gasteiger partial charge on any atom is 0.416 e. The molecule has 1 unspecified atom stereocenters. The molecule has 0 aromatic heterocycles. The Morgan fingerprint density at radius 2 is 1.58 bits per heavy atom. The van der Waals surface area contributed by atoms with E-state index in [0.717, 1.165) is 5.56 Å². The number of nitrogens with zero attached hydrogens (tertiary/aromatic N) is 1. The van der Waals surface area contributed by atoms with E-state index in [1.807, 2.05) is 30.3 Å². The molecule has 2 aromatic carbocycles. The quantitative estimate of drug-likeness (QED) is 0.593. The molecule has 2 aliphatic rings. The van der Waals surface area contributed by atoms with E-state index in [1.54, 1.807) is 0 Å². The molecule has 1 saturated carbocycles. The zero-order valence-electron chi connectivity index (χ0n) is 17.4. The van der Waals surface area contributed by atoms with Gasteiger partial charge in [-0.2, -0.15) is 26.3 Å². The summed E-state index contributed by atoms with van der Waals surface area (Å²) in [6.45, 7) is 1.41. The number of carbonyl (C=O) groups is 1. The molecule has 0 saturated heterocycles. The average molecular weight is 470 g/mol. The molecule has 4 rings (SSSR count). The molecule has 4 nitrogen and oxygen atoms in total. The molecule has 33 heavy (non-hydrogen) atoms. The Hall–Kier alpha value is -2.88. The van der Waals surface area contributed by atoms with Gasteiger partial charge in [0.1, 0.15) is 5.54 Å². The zero-order valence-corrected chi connectivity index (χ0v) is 17.4. The summed E-state index contributed by atoms with van der Waals surface area (Å²) >= 11 is 0. The first-order valence-corrected chi connectivity index (χ1v) is 10.2. The van der Waals surface area contributed by atoms with Gasteiger partial charge in [0.15, 0.2) is 0 Å². The van der Waals surface area contributed by atoms with Crippen LogP contribution in [0, 0.1) is 0 Å². The molecular weight excluding hydrogens is 450 g/mol. The van der Waals surface area contributed by atoms with Crippen molar-refractivity contribution in [3.63, 3.8) is 0 Å². The molecular formula is C23H20F6N2O2. The monoisotopic (exact) mass is 470 g/mol. The van der Waals surface area contributed by atoms with Gasteiger partial charge in [0.2, 0.25) is 0 Å². The van der Waals surface area contributed by atoms with Gasteiger partial charge in [0, 0.05) is 5.41 Å². The molecule has 2 aromatic rings. The van der Waals surface area contributed by atoms with E-state index in [0.29, 0.717) is 25.0 Å². The summed E-state index contributed by atoms with van der Waals surface area (Å²) in [6, 6.07) is 10.6. The second-order valence-corrected chi connectivity index (χ2v) is 8.56. The van der Waals surface area contributed by atoms with Crippen LogP contribution in [0.2, 0.25) is 0 Å². The smallest absolute Gasteiger partial charge is 0.373 e. The molecule has 1 fully saturated rings. The summed E-state index contributed by atoms with van der Waals surface area (Å²) in [6.07, 6.45) is -8.96. The highest BCUT2D eigenvalue weighted by molar-refractivity contribution is 6.01. The maximum absolute atomic E-state index is 13.2. The summed E-state index contributed by atoms with van der Waals surface area (Å²) < 4.78 is 85.1. The number of nitrogens with one attached hydrogen (secondary N) is 1. The van der Waals surface area contributed by atoms with Crippen LogP contribution < -0.4 is 5.32 Å². The number of hydrogen-bond acceptors (Lipinski definition) is 3. The van der Waals surface area contributed by atoms with Crippen molar-refractivity contribution in [1.29, 1.82) is 0 Å². The van der Waals surface area contributed by atoms with Crippen LogP contribution in [0.25, 0.3) is 0 Å². The van der Waals surface area contributed by atoms with Gasteiger partial charge < -0.3 is 10.1 Å². The van der Waals surface area contributed by atoms with Crippen LogP contribution in [0.1, 0.15) is 48.1 Å². The molecule has 1 heterocycles. The summed E-state index contributed by atoms with van der Waals surface area (Å²) in [4.78, 5) is 16.5. The van der Waals surface area contributed by atoms with Crippen LogP contribution in [0.4, 0.5) is 26.3 Å². The standard InChI is InChI=1S/C23H20F6N2O2/c1-14(15-7-17(22(24,25)26)9-18(8-15)23(27,28)29)33-12-20(16-5-3-2-4-6-16)10-21(11-20)19(32)30-13-31-21/h2-9,13-14H,10-12H2,1H3,(H,30,31,32). The van der Waals surface area contributed by atoms with Crippen molar-refractivity contribution in [1.82, 2.24) is 5.32 Å². The van der Waals surface area contributed by atoms with Gasteiger partial charge in [-0.1, -0.05) is 30.3 Å². The molecule has 1 atom stereocenters. The van der Waals surface area contributed by atoms with Crippen molar-refractivity contribution in [3.05, 3.63) is 70.8 Å². The van der Waals surface area contributed by atoms with Gasteiger partial charge in [-0.15, -0.1) is 0 Å². The third kappa shape index (κ3) is 4.36. The van der Waals surface area contributed by atoms with Gasteiger partial charge in [-0.05, 0) is 49.1 Å². The van der Waals surface area contributed by atoms with Crippen molar-refractivity contribution in [3.8, 4) is 0 Å². The lowest BCUT2D eigenvalue weighted by Crippen LogP contribution is -2.60. The van der Waals surface area contributed by atoms with E-state index in [1.165, 1.54) is 13.3 Å². The summed E-state index contributed by atoms with van der Waals surface area (Å²) in [7, 11) is 0. The first kappa shape index (κ1) is 23.3. The number of hydrogen-bond donors (Lipinski definition) is 1. The maximum atomic E-state index is 13.2. The number of alkyl halides is 6. The summed E-state index contributed by atoms with van der Waals surface area (Å²) in [5, 5.41) is 2.55. The fourth-order valence-corrected chi connectivity index (χ4v) is 4.50. The number of ether oxygens (including phenoxy) is 1. The van der Waals surface area contributed by atoms with Crippen LogP contribution in [-0.4, -0.2) is 24.4 Å². The van der Waals surface area contributed by atoms with Gasteiger partial charge in [-0.25, -0.2) is 0 Å². The van der Waals surface area contributed by atoms with Gasteiger partial charge in [-0.3, -0.25) is 9.79 Å². The fourth-order valence-electron chi connectivity index (χ4n) is 4.50. The Balaban J connectivity index is 1.59. The molecule has 176 valence electrons. The molecule has 10 heteroatoms. The lowest BCUT2D eigenvalue weighted by atomic mass is 9.55. The van der Waals surface area contributed by atoms with Crippen molar-refractivity contribution in [2.45, 2.75) is 49.2 Å². The topological polar surface area (TPSA) is 50.7 Å². The van der Waals surface area contributed by atoms with Crippen molar-refractivity contribution in [2.75, 3.05) is 6.61 Å². The van der Waals surface area contributed by atoms with Crippen molar-refractivity contribution in [2.24, 2.45) is 4.99 Å². The highest BCUT2D eigenvalue weighted by Crippen LogP contribution is 2.54. The van der Waals surface area contributed by atoms with Crippen molar-refractivity contribution >= 4 is 12.2 Å². The fraction of sp³-hybridized carbons (Fsp3) is 0.391. The molecule has 1 aliphatic heterocycles.